The Kier molecular flexibility index (Phi) is 4.07. The van der Waals surface area contributed by atoms with Gasteiger partial charge in [0.1, 0.15) is 5.82 Å². The van der Waals surface area contributed by atoms with Gasteiger partial charge in [-0.05, 0) is 40.5 Å². The third-order valence-electron chi connectivity index (χ3n) is 1.68. The van der Waals surface area contributed by atoms with E-state index in [4.69, 9.17) is 0 Å². The third kappa shape index (κ3) is 3.10. The van der Waals surface area contributed by atoms with E-state index < -0.39 is 0 Å². The Bertz CT molecular complexity index is 341. The molecule has 0 saturated heterocycles. The van der Waals surface area contributed by atoms with Gasteiger partial charge < -0.3 is 5.32 Å². The molecule has 0 atom stereocenters. The van der Waals surface area contributed by atoms with Crippen molar-refractivity contribution < 1.29 is 9.18 Å². The van der Waals surface area contributed by atoms with Crippen LogP contribution in [-0.2, 0) is 4.79 Å². The second-order valence-electron chi connectivity index (χ2n) is 2.93. The van der Waals surface area contributed by atoms with E-state index in [1.54, 1.807) is 6.07 Å². The van der Waals surface area contributed by atoms with Crippen molar-refractivity contribution >= 4 is 27.5 Å². The highest BCUT2D eigenvalue weighted by Gasteiger charge is 2.03. The smallest absolute Gasteiger partial charge is 0.224 e. The maximum absolute atomic E-state index is 12.8. The van der Waals surface area contributed by atoms with Crippen LogP contribution in [0.15, 0.2) is 22.7 Å². The van der Waals surface area contributed by atoms with E-state index in [0.29, 0.717) is 16.6 Å². The highest BCUT2D eigenvalue weighted by molar-refractivity contribution is 9.10. The minimum Gasteiger partial charge on any atom is -0.326 e. The monoisotopic (exact) mass is 259 g/mol. The molecule has 0 heterocycles. The van der Waals surface area contributed by atoms with Gasteiger partial charge in [-0.2, -0.15) is 0 Å². The van der Waals surface area contributed by atoms with Crippen LogP contribution in [0.25, 0.3) is 0 Å². The van der Waals surface area contributed by atoms with Crippen molar-refractivity contribution in [2.24, 2.45) is 0 Å². The predicted octanol–water partition coefficient (Wildman–Crippen LogP) is 3.33. The van der Waals surface area contributed by atoms with Gasteiger partial charge >= 0.3 is 0 Å². The maximum atomic E-state index is 12.8. The number of anilines is 1. The van der Waals surface area contributed by atoms with Gasteiger partial charge in [-0.15, -0.1) is 0 Å². The Morgan fingerprint density at radius 2 is 2.29 bits per heavy atom. The zero-order valence-electron chi connectivity index (χ0n) is 7.81. The summed E-state index contributed by atoms with van der Waals surface area (Å²) in [6, 6.07) is 4.39. The summed E-state index contributed by atoms with van der Waals surface area (Å²) < 4.78 is 13.2. The number of nitrogens with one attached hydrogen (secondary N) is 1. The lowest BCUT2D eigenvalue weighted by Crippen LogP contribution is -2.10. The number of carbonyl (C=O) groups is 1. The van der Waals surface area contributed by atoms with Gasteiger partial charge in [0.2, 0.25) is 5.91 Å². The van der Waals surface area contributed by atoms with Gasteiger partial charge in [-0.1, -0.05) is 6.92 Å². The average Bonchev–Trinajstić information content (AvgIpc) is 2.12. The summed E-state index contributed by atoms with van der Waals surface area (Å²) in [5, 5.41) is 2.68. The topological polar surface area (TPSA) is 29.1 Å². The van der Waals surface area contributed by atoms with Crippen LogP contribution in [0.3, 0.4) is 0 Å². The molecular weight excluding hydrogens is 249 g/mol. The molecule has 1 aromatic carbocycles. The van der Waals surface area contributed by atoms with E-state index in [-0.39, 0.29) is 11.7 Å². The molecule has 0 fully saturated rings. The molecule has 0 radical (unpaired) electrons. The molecule has 1 rings (SSSR count). The van der Waals surface area contributed by atoms with Crippen LogP contribution in [0.2, 0.25) is 0 Å². The Balaban J connectivity index is 2.68. The van der Waals surface area contributed by atoms with E-state index in [0.717, 1.165) is 6.42 Å². The van der Waals surface area contributed by atoms with E-state index in [9.17, 15) is 9.18 Å². The first-order chi connectivity index (χ1) is 6.63. The average molecular weight is 260 g/mol. The van der Waals surface area contributed by atoms with Gasteiger partial charge in [0.05, 0.1) is 4.47 Å². The van der Waals surface area contributed by atoms with Gasteiger partial charge in [-0.3, -0.25) is 4.79 Å². The van der Waals surface area contributed by atoms with Crippen molar-refractivity contribution in [3.05, 3.63) is 28.5 Å². The number of halogens is 2. The van der Waals surface area contributed by atoms with Crippen molar-refractivity contribution in [2.75, 3.05) is 5.32 Å². The molecule has 0 aromatic heterocycles. The molecule has 1 amide bonds. The van der Waals surface area contributed by atoms with E-state index in [1.165, 1.54) is 12.1 Å². The highest BCUT2D eigenvalue weighted by atomic mass is 79.9. The second-order valence-corrected chi connectivity index (χ2v) is 3.78. The molecule has 1 N–H and O–H groups in total. The van der Waals surface area contributed by atoms with Gasteiger partial charge in [-0.25, -0.2) is 4.39 Å². The van der Waals surface area contributed by atoms with Crippen LogP contribution in [0.1, 0.15) is 19.8 Å². The highest BCUT2D eigenvalue weighted by Crippen LogP contribution is 2.20. The molecule has 14 heavy (non-hydrogen) atoms. The Morgan fingerprint density at radius 1 is 1.57 bits per heavy atom. The number of carbonyl (C=O) groups excluding carboxylic acids is 1. The first-order valence-electron chi connectivity index (χ1n) is 4.38. The minimum atomic E-state index is -0.335. The summed E-state index contributed by atoms with van der Waals surface area (Å²) in [6.45, 7) is 1.93. The molecule has 0 aliphatic carbocycles. The molecule has 0 saturated carbocycles. The Morgan fingerprint density at radius 3 is 2.86 bits per heavy atom. The third-order valence-corrected chi connectivity index (χ3v) is 2.29. The fourth-order valence-electron chi connectivity index (χ4n) is 1.02. The molecule has 0 unspecified atom stereocenters. The van der Waals surface area contributed by atoms with Gasteiger partial charge in [0, 0.05) is 12.1 Å². The SMILES string of the molecule is CCCC(=O)Nc1ccc(F)c(Br)c1. The van der Waals surface area contributed by atoms with Crippen LogP contribution < -0.4 is 5.32 Å². The van der Waals surface area contributed by atoms with Crippen molar-refractivity contribution in [1.29, 1.82) is 0 Å². The van der Waals surface area contributed by atoms with Gasteiger partial charge in [0.25, 0.3) is 0 Å². The van der Waals surface area contributed by atoms with Crippen molar-refractivity contribution in [1.82, 2.24) is 0 Å². The molecule has 0 aliphatic heterocycles. The lowest BCUT2D eigenvalue weighted by molar-refractivity contribution is -0.116. The maximum Gasteiger partial charge on any atom is 0.224 e. The van der Waals surface area contributed by atoms with Crippen LogP contribution in [-0.4, -0.2) is 5.91 Å². The minimum absolute atomic E-state index is 0.0500. The fraction of sp³-hybridized carbons (Fsp3) is 0.300. The number of amides is 1. The first kappa shape index (κ1) is 11.2. The molecular formula is C10H11BrFNO. The van der Waals surface area contributed by atoms with E-state index in [2.05, 4.69) is 21.2 Å². The number of hydrogen-bond acceptors (Lipinski definition) is 1. The summed E-state index contributed by atoms with van der Waals surface area (Å²) in [5.41, 5.74) is 0.608. The molecule has 2 nitrogen and oxygen atoms in total. The van der Waals surface area contributed by atoms with Crippen LogP contribution in [0, 0.1) is 5.82 Å². The number of benzene rings is 1. The summed E-state index contributed by atoms with van der Waals surface area (Å²) >= 11 is 3.05. The largest absolute Gasteiger partial charge is 0.326 e. The van der Waals surface area contributed by atoms with Gasteiger partial charge in [0.15, 0.2) is 0 Å². The summed E-state index contributed by atoms with van der Waals surface area (Å²) in [7, 11) is 0. The predicted molar refractivity (Wildman–Crippen MR) is 57.6 cm³/mol. The van der Waals surface area contributed by atoms with Crippen LogP contribution in [0.5, 0.6) is 0 Å². The second kappa shape index (κ2) is 5.10. The zero-order valence-corrected chi connectivity index (χ0v) is 9.40. The molecule has 76 valence electrons. The quantitative estimate of drug-likeness (QED) is 0.887. The number of hydrogen-bond donors (Lipinski definition) is 1. The van der Waals surface area contributed by atoms with Crippen LogP contribution in [0.4, 0.5) is 10.1 Å². The lowest BCUT2D eigenvalue weighted by atomic mass is 10.3. The number of rotatable bonds is 3. The first-order valence-corrected chi connectivity index (χ1v) is 5.17. The normalized spacial score (nSPS) is 9.93. The summed E-state index contributed by atoms with van der Waals surface area (Å²) in [6.07, 6.45) is 1.28. The molecule has 0 spiro atoms. The van der Waals surface area contributed by atoms with E-state index >= 15 is 0 Å². The van der Waals surface area contributed by atoms with Crippen molar-refractivity contribution in [3.8, 4) is 0 Å². The Hall–Kier alpha value is -0.900. The molecule has 0 bridgehead atoms. The Labute approximate surface area is 90.6 Å². The fourth-order valence-corrected chi connectivity index (χ4v) is 1.40. The zero-order chi connectivity index (χ0) is 10.6. The lowest BCUT2D eigenvalue weighted by Gasteiger charge is -2.04. The molecule has 0 aliphatic rings. The summed E-state index contributed by atoms with van der Waals surface area (Å²) in [4.78, 5) is 11.2. The van der Waals surface area contributed by atoms with E-state index in [1.807, 2.05) is 6.92 Å². The van der Waals surface area contributed by atoms with Crippen molar-refractivity contribution in [2.45, 2.75) is 19.8 Å². The molecule has 1 aromatic rings. The molecule has 4 heteroatoms. The summed E-state index contributed by atoms with van der Waals surface area (Å²) in [5.74, 6) is -0.385. The van der Waals surface area contributed by atoms with Crippen LogP contribution >= 0.6 is 15.9 Å². The standard InChI is InChI=1S/C10H11BrFNO/c1-2-3-10(14)13-7-4-5-9(12)8(11)6-7/h4-6H,2-3H2,1H3,(H,13,14). The van der Waals surface area contributed by atoms with Crippen molar-refractivity contribution in [3.63, 3.8) is 0 Å².